The van der Waals surface area contributed by atoms with E-state index < -0.39 is 42.4 Å². The number of amides is 2. The number of carbonyl (C=O) groups excluding carboxylic acids is 1. The van der Waals surface area contributed by atoms with E-state index in [0.717, 1.165) is 0 Å². The number of ether oxygens (including phenoxy) is 1. The summed E-state index contributed by atoms with van der Waals surface area (Å²) in [7, 11) is 0. The Bertz CT molecular complexity index is 1440. The predicted molar refractivity (Wildman–Crippen MR) is 143 cm³/mol. The number of halogens is 3. The Morgan fingerprint density at radius 2 is 1.88 bits per heavy atom. The number of nitrogen functional groups attached to an aromatic ring is 1. The number of benzene rings is 1. The molecule has 0 bridgehead atoms. The van der Waals surface area contributed by atoms with Crippen LogP contribution in [-0.2, 0) is 10.4 Å². The zero-order chi connectivity index (χ0) is 30.2. The number of aromatic nitrogens is 4. The Hall–Kier alpha value is -3.93. The topological polar surface area (TPSA) is 188 Å². The van der Waals surface area contributed by atoms with Gasteiger partial charge in [0.2, 0.25) is 0 Å². The van der Waals surface area contributed by atoms with E-state index in [0.29, 0.717) is 42.9 Å². The van der Waals surface area contributed by atoms with E-state index in [-0.39, 0.29) is 17.4 Å². The number of hydrogen-bond acceptors (Lipinski definition) is 11. The smallest absolute Gasteiger partial charge is 0.387 e. The number of nitrogens with one attached hydrogen (secondary N) is 2. The van der Waals surface area contributed by atoms with E-state index in [1.807, 2.05) is 13.8 Å². The Morgan fingerprint density at radius 3 is 2.52 bits per heavy atom. The van der Waals surface area contributed by atoms with Gasteiger partial charge in [0, 0.05) is 36.9 Å². The molecule has 2 amide bonds. The third-order valence-electron chi connectivity index (χ3n) is 7.29. The van der Waals surface area contributed by atoms with Crippen LogP contribution in [0.3, 0.4) is 0 Å². The van der Waals surface area contributed by atoms with Crippen LogP contribution in [0.15, 0.2) is 47.1 Å². The third-order valence-corrected chi connectivity index (χ3v) is 7.29. The molecule has 2 aliphatic rings. The van der Waals surface area contributed by atoms with Crippen molar-refractivity contribution in [1.82, 2.24) is 29.7 Å². The maximum atomic E-state index is 13.1. The lowest BCUT2D eigenvalue weighted by molar-refractivity contribution is -0.166. The van der Waals surface area contributed by atoms with Gasteiger partial charge in [0.25, 0.3) is 0 Å². The highest BCUT2D eigenvalue weighted by Gasteiger charge is 2.65. The molecule has 226 valence electrons. The summed E-state index contributed by atoms with van der Waals surface area (Å²) in [6, 6.07) is 4.72. The van der Waals surface area contributed by atoms with Crippen molar-refractivity contribution in [3.8, 4) is 0 Å². The first-order valence-corrected chi connectivity index (χ1v) is 13.3. The summed E-state index contributed by atoms with van der Waals surface area (Å²) in [5.41, 5.74) is 4.28. The molecule has 1 fully saturated rings. The van der Waals surface area contributed by atoms with Crippen molar-refractivity contribution >= 4 is 28.7 Å². The molecule has 4 heterocycles. The monoisotopic (exact) mass is 592 g/mol. The molecule has 42 heavy (non-hydrogen) atoms. The van der Waals surface area contributed by atoms with Crippen molar-refractivity contribution < 1.29 is 32.9 Å². The summed E-state index contributed by atoms with van der Waals surface area (Å²) >= 11 is 0. The van der Waals surface area contributed by atoms with Crippen LogP contribution in [-0.4, -0.2) is 90.8 Å². The van der Waals surface area contributed by atoms with Gasteiger partial charge in [-0.2, -0.15) is 13.2 Å². The number of carbonyl (C=O) groups is 1. The van der Waals surface area contributed by atoms with Gasteiger partial charge in [-0.25, -0.2) is 19.7 Å². The van der Waals surface area contributed by atoms with Gasteiger partial charge in [-0.1, -0.05) is 12.1 Å². The van der Waals surface area contributed by atoms with Crippen molar-refractivity contribution in [1.29, 1.82) is 0 Å². The first-order valence-electron chi connectivity index (χ1n) is 13.3. The number of alkyl halides is 3. The molecule has 0 aliphatic carbocycles. The van der Waals surface area contributed by atoms with E-state index in [9.17, 15) is 28.2 Å². The van der Waals surface area contributed by atoms with Crippen LogP contribution >= 0.6 is 0 Å². The molecule has 2 aromatic heterocycles. The van der Waals surface area contributed by atoms with Crippen molar-refractivity contribution in [3.63, 3.8) is 0 Å². The maximum absolute atomic E-state index is 13.1. The fourth-order valence-electron chi connectivity index (χ4n) is 4.85. The Kier molecular flexibility index (Phi) is 8.02. The molecule has 1 saturated heterocycles. The standard InChI is InChI=1S/C25H31F3N10O4/c1-13(2)37(10-16-18(39)19(40)22(42-16)38-12-33-17-20(29)31-11-32-21(17)38)9-3-8-30-23(41)34-15-6-4-14(5-7-15)24(35-36-24)25(26,27)28/h4-7,11-13,16,18-19,22,39-40H,3,8-10H2,1-2H3,(H2,29,31,32)(H2,30,34,41)/t16-,18-,19-,22-/m1/s1. The summed E-state index contributed by atoms with van der Waals surface area (Å²) < 4.78 is 47.0. The molecule has 4 atom stereocenters. The molecule has 14 nitrogen and oxygen atoms in total. The highest BCUT2D eigenvalue weighted by molar-refractivity contribution is 5.89. The molecular formula is C25H31F3N10O4. The third kappa shape index (κ3) is 5.72. The van der Waals surface area contributed by atoms with E-state index in [4.69, 9.17) is 10.5 Å². The molecule has 0 radical (unpaired) electrons. The lowest BCUT2D eigenvalue weighted by Gasteiger charge is -2.30. The SMILES string of the molecule is CC(C)N(CCCNC(=O)Nc1ccc(C2(C(F)(F)F)N=N2)cc1)C[C@H]1O[C@@H](n2cnc3c(N)ncnc32)[C@H](O)[C@@H]1O. The molecule has 6 N–H and O–H groups in total. The predicted octanol–water partition coefficient (Wildman–Crippen LogP) is 2.13. The van der Waals surface area contributed by atoms with Gasteiger partial charge in [-0.15, -0.1) is 10.2 Å². The zero-order valence-electron chi connectivity index (χ0n) is 22.7. The fraction of sp³-hybridized carbons (Fsp3) is 0.520. The van der Waals surface area contributed by atoms with Crippen molar-refractivity contribution in [2.24, 2.45) is 10.2 Å². The average Bonchev–Trinajstić information content (AvgIpc) is 3.59. The van der Waals surface area contributed by atoms with Gasteiger partial charge >= 0.3 is 17.9 Å². The molecule has 2 aliphatic heterocycles. The van der Waals surface area contributed by atoms with E-state index in [1.165, 1.54) is 41.5 Å². The molecule has 17 heteroatoms. The first-order chi connectivity index (χ1) is 19.9. The van der Waals surface area contributed by atoms with Crippen LogP contribution in [0.25, 0.3) is 11.2 Å². The largest absolute Gasteiger partial charge is 0.442 e. The number of rotatable bonds is 10. The summed E-state index contributed by atoms with van der Waals surface area (Å²) in [5.74, 6) is 0.189. The second-order valence-corrected chi connectivity index (χ2v) is 10.4. The molecule has 0 saturated carbocycles. The Labute approximate surface area is 237 Å². The van der Waals surface area contributed by atoms with Crippen molar-refractivity contribution in [2.75, 3.05) is 30.7 Å². The minimum absolute atomic E-state index is 0.0656. The lowest BCUT2D eigenvalue weighted by atomic mass is 10.0. The minimum atomic E-state index is -4.62. The van der Waals surface area contributed by atoms with Crippen LogP contribution in [0.1, 0.15) is 32.1 Å². The van der Waals surface area contributed by atoms with Gasteiger partial charge in [-0.3, -0.25) is 9.47 Å². The number of nitrogens with zero attached hydrogens (tertiary/aromatic N) is 7. The average molecular weight is 593 g/mol. The number of anilines is 2. The lowest BCUT2D eigenvalue weighted by Crippen LogP contribution is -2.44. The van der Waals surface area contributed by atoms with Gasteiger partial charge in [0.15, 0.2) is 17.7 Å². The second-order valence-electron chi connectivity index (χ2n) is 10.4. The van der Waals surface area contributed by atoms with Gasteiger partial charge in [0.05, 0.1) is 6.33 Å². The quantitative estimate of drug-likeness (QED) is 0.220. The number of fused-ring (bicyclic) bond motifs is 1. The van der Waals surface area contributed by atoms with Crippen LogP contribution < -0.4 is 16.4 Å². The molecule has 5 rings (SSSR count). The van der Waals surface area contributed by atoms with E-state index in [1.54, 1.807) is 0 Å². The van der Waals surface area contributed by atoms with Crippen molar-refractivity contribution in [3.05, 3.63) is 42.5 Å². The highest BCUT2D eigenvalue weighted by atomic mass is 19.4. The zero-order valence-corrected chi connectivity index (χ0v) is 22.7. The molecule has 3 aromatic rings. The molecule has 0 spiro atoms. The van der Waals surface area contributed by atoms with E-state index in [2.05, 4.69) is 40.7 Å². The number of hydrogen-bond donors (Lipinski definition) is 5. The fourth-order valence-corrected chi connectivity index (χ4v) is 4.85. The summed E-state index contributed by atoms with van der Waals surface area (Å²) in [6.07, 6.45) is -5.39. The van der Waals surface area contributed by atoms with E-state index >= 15 is 0 Å². The van der Waals surface area contributed by atoms with Crippen molar-refractivity contribution in [2.45, 2.75) is 62.7 Å². The summed E-state index contributed by atoms with van der Waals surface area (Å²) in [6.45, 7) is 5.13. The second kappa shape index (κ2) is 11.4. The number of aliphatic hydroxyl groups is 2. The first kappa shape index (κ1) is 29.6. The van der Waals surface area contributed by atoms with Gasteiger partial charge in [-0.05, 0) is 32.4 Å². The molecular weight excluding hydrogens is 561 g/mol. The van der Waals surface area contributed by atoms with Crippen LogP contribution in [0.2, 0.25) is 0 Å². The van der Waals surface area contributed by atoms with Gasteiger partial charge in [0.1, 0.15) is 30.2 Å². The number of urea groups is 1. The Morgan fingerprint density at radius 1 is 1.17 bits per heavy atom. The van der Waals surface area contributed by atoms with Gasteiger partial charge < -0.3 is 31.3 Å². The summed E-state index contributed by atoms with van der Waals surface area (Å²) in [5, 5.41) is 33.1. The van der Waals surface area contributed by atoms with Crippen LogP contribution in [0.5, 0.6) is 0 Å². The Balaban J connectivity index is 1.10. The number of aliphatic hydroxyl groups excluding tert-OH is 2. The van der Waals surface area contributed by atoms with Crippen LogP contribution in [0, 0.1) is 0 Å². The van der Waals surface area contributed by atoms with Crippen LogP contribution in [0.4, 0.5) is 29.5 Å². The number of nitrogens with two attached hydrogens (primary N) is 1. The molecule has 0 unspecified atom stereocenters. The minimum Gasteiger partial charge on any atom is -0.387 e. The maximum Gasteiger partial charge on any atom is 0.442 e. The number of imidazole rings is 1. The normalized spacial score (nSPS) is 23.2. The molecule has 1 aromatic carbocycles. The highest BCUT2D eigenvalue weighted by Crippen LogP contribution is 2.52. The summed E-state index contributed by atoms with van der Waals surface area (Å²) in [4.78, 5) is 26.6.